The second kappa shape index (κ2) is 6.19. The van der Waals surface area contributed by atoms with E-state index < -0.39 is 0 Å². The number of nitrogens with zero attached hydrogens (tertiary/aromatic N) is 1. The van der Waals surface area contributed by atoms with Gasteiger partial charge in [-0.25, -0.2) is 0 Å². The van der Waals surface area contributed by atoms with Gasteiger partial charge in [0.15, 0.2) is 0 Å². The zero-order chi connectivity index (χ0) is 12.1. The molecule has 17 heavy (non-hydrogen) atoms. The lowest BCUT2D eigenvalue weighted by molar-refractivity contribution is 0.0841. The SMILES string of the molecule is CCC1CCN(CC2(CC)CCCNC2)CC1. The molecule has 2 heterocycles. The van der Waals surface area contributed by atoms with Crippen LogP contribution < -0.4 is 5.32 Å². The average molecular weight is 238 g/mol. The summed E-state index contributed by atoms with van der Waals surface area (Å²) in [5.74, 6) is 1.01. The van der Waals surface area contributed by atoms with Gasteiger partial charge in [0.25, 0.3) is 0 Å². The molecule has 0 amide bonds. The Balaban J connectivity index is 1.82. The van der Waals surface area contributed by atoms with Crippen molar-refractivity contribution in [2.75, 3.05) is 32.7 Å². The summed E-state index contributed by atoms with van der Waals surface area (Å²) in [6.07, 6.45) is 8.40. The van der Waals surface area contributed by atoms with Crippen LogP contribution >= 0.6 is 0 Å². The Labute approximate surface area is 107 Å². The normalized spacial score (nSPS) is 32.8. The predicted octanol–water partition coefficient (Wildman–Crippen LogP) is 2.89. The van der Waals surface area contributed by atoms with Crippen LogP contribution in [0.3, 0.4) is 0 Å². The molecule has 0 aromatic carbocycles. The Morgan fingerprint density at radius 1 is 1.24 bits per heavy atom. The second-order valence-corrected chi connectivity index (χ2v) is 6.26. The lowest BCUT2D eigenvalue weighted by Crippen LogP contribution is -2.49. The molecule has 2 aliphatic heterocycles. The number of likely N-dealkylation sites (tertiary alicyclic amines) is 1. The van der Waals surface area contributed by atoms with Gasteiger partial charge in [-0.05, 0) is 63.1 Å². The van der Waals surface area contributed by atoms with E-state index in [2.05, 4.69) is 24.1 Å². The lowest BCUT2D eigenvalue weighted by Gasteiger charge is -2.43. The summed E-state index contributed by atoms with van der Waals surface area (Å²) in [4.78, 5) is 2.74. The molecule has 2 rings (SSSR count). The van der Waals surface area contributed by atoms with Gasteiger partial charge in [0.2, 0.25) is 0 Å². The lowest BCUT2D eigenvalue weighted by atomic mass is 9.77. The molecule has 0 aromatic heterocycles. The van der Waals surface area contributed by atoms with Crippen molar-refractivity contribution in [1.29, 1.82) is 0 Å². The van der Waals surface area contributed by atoms with Gasteiger partial charge in [0.1, 0.15) is 0 Å². The Morgan fingerprint density at radius 3 is 2.53 bits per heavy atom. The molecular weight excluding hydrogens is 208 g/mol. The third-order valence-electron chi connectivity index (χ3n) is 5.15. The first kappa shape index (κ1) is 13.4. The molecule has 0 saturated carbocycles. The first-order valence-electron chi connectivity index (χ1n) is 7.71. The fraction of sp³-hybridized carbons (Fsp3) is 1.00. The van der Waals surface area contributed by atoms with Crippen molar-refractivity contribution < 1.29 is 0 Å². The monoisotopic (exact) mass is 238 g/mol. The predicted molar refractivity (Wildman–Crippen MR) is 74.3 cm³/mol. The fourth-order valence-corrected chi connectivity index (χ4v) is 3.61. The summed E-state index contributed by atoms with van der Waals surface area (Å²) in [5.41, 5.74) is 0.581. The topological polar surface area (TPSA) is 15.3 Å². The quantitative estimate of drug-likeness (QED) is 0.810. The third kappa shape index (κ3) is 3.45. The zero-order valence-corrected chi connectivity index (χ0v) is 11.8. The van der Waals surface area contributed by atoms with Crippen molar-refractivity contribution in [1.82, 2.24) is 10.2 Å². The Kier molecular flexibility index (Phi) is 4.87. The molecule has 100 valence electrons. The zero-order valence-electron chi connectivity index (χ0n) is 11.8. The van der Waals surface area contributed by atoms with Gasteiger partial charge in [-0.1, -0.05) is 20.3 Å². The van der Waals surface area contributed by atoms with Crippen LogP contribution in [0.1, 0.15) is 52.4 Å². The highest BCUT2D eigenvalue weighted by atomic mass is 15.1. The van der Waals surface area contributed by atoms with Crippen LogP contribution in [0.4, 0.5) is 0 Å². The van der Waals surface area contributed by atoms with E-state index in [1.165, 1.54) is 71.2 Å². The number of piperidine rings is 2. The molecule has 1 N–H and O–H groups in total. The Morgan fingerprint density at radius 2 is 2.00 bits per heavy atom. The summed E-state index contributed by atoms with van der Waals surface area (Å²) < 4.78 is 0. The minimum absolute atomic E-state index is 0.581. The Hall–Kier alpha value is -0.0800. The van der Waals surface area contributed by atoms with Crippen molar-refractivity contribution in [2.24, 2.45) is 11.3 Å². The fourth-order valence-electron chi connectivity index (χ4n) is 3.61. The van der Waals surface area contributed by atoms with Crippen LogP contribution in [0.2, 0.25) is 0 Å². The van der Waals surface area contributed by atoms with Crippen molar-refractivity contribution in [3.05, 3.63) is 0 Å². The van der Waals surface area contributed by atoms with E-state index in [-0.39, 0.29) is 0 Å². The standard InChI is InChI=1S/C15H30N2/c1-3-14-6-10-17(11-7-14)13-15(4-2)8-5-9-16-12-15/h14,16H,3-13H2,1-2H3. The molecule has 2 fully saturated rings. The van der Waals surface area contributed by atoms with E-state index in [4.69, 9.17) is 0 Å². The minimum atomic E-state index is 0.581. The van der Waals surface area contributed by atoms with E-state index in [1.54, 1.807) is 0 Å². The van der Waals surface area contributed by atoms with Gasteiger partial charge in [-0.3, -0.25) is 0 Å². The first-order valence-corrected chi connectivity index (χ1v) is 7.71. The molecular formula is C15H30N2. The van der Waals surface area contributed by atoms with Crippen LogP contribution in [0.5, 0.6) is 0 Å². The molecule has 0 radical (unpaired) electrons. The van der Waals surface area contributed by atoms with Crippen LogP contribution in [0.25, 0.3) is 0 Å². The number of rotatable bonds is 4. The van der Waals surface area contributed by atoms with Crippen LogP contribution in [-0.2, 0) is 0 Å². The second-order valence-electron chi connectivity index (χ2n) is 6.26. The van der Waals surface area contributed by atoms with Gasteiger partial charge in [0, 0.05) is 13.1 Å². The van der Waals surface area contributed by atoms with Crippen molar-refractivity contribution >= 4 is 0 Å². The van der Waals surface area contributed by atoms with E-state index in [0.717, 1.165) is 5.92 Å². The van der Waals surface area contributed by atoms with Crippen molar-refractivity contribution in [2.45, 2.75) is 52.4 Å². The molecule has 0 aliphatic carbocycles. The smallest absolute Gasteiger partial charge is 0.00500 e. The number of hydrogen-bond acceptors (Lipinski definition) is 2. The van der Waals surface area contributed by atoms with Gasteiger partial charge in [-0.15, -0.1) is 0 Å². The summed E-state index contributed by atoms with van der Waals surface area (Å²) in [7, 11) is 0. The van der Waals surface area contributed by atoms with Crippen LogP contribution in [0.15, 0.2) is 0 Å². The summed E-state index contributed by atoms with van der Waals surface area (Å²) in [6.45, 7) is 11.2. The number of nitrogens with one attached hydrogen (secondary N) is 1. The third-order valence-corrected chi connectivity index (χ3v) is 5.15. The molecule has 0 spiro atoms. The first-order chi connectivity index (χ1) is 8.28. The molecule has 1 unspecified atom stereocenters. The molecule has 2 heteroatoms. The minimum Gasteiger partial charge on any atom is -0.316 e. The average Bonchev–Trinajstić information content (AvgIpc) is 2.41. The van der Waals surface area contributed by atoms with Gasteiger partial charge < -0.3 is 10.2 Å². The van der Waals surface area contributed by atoms with Gasteiger partial charge in [0.05, 0.1) is 0 Å². The molecule has 1 atom stereocenters. The maximum atomic E-state index is 3.61. The maximum Gasteiger partial charge on any atom is 0.00500 e. The molecule has 2 saturated heterocycles. The summed E-state index contributed by atoms with van der Waals surface area (Å²) in [5, 5.41) is 3.61. The molecule has 2 nitrogen and oxygen atoms in total. The maximum absolute atomic E-state index is 3.61. The summed E-state index contributed by atoms with van der Waals surface area (Å²) >= 11 is 0. The van der Waals surface area contributed by atoms with E-state index >= 15 is 0 Å². The Bertz CT molecular complexity index is 213. The highest BCUT2D eigenvalue weighted by molar-refractivity contribution is 4.88. The highest BCUT2D eigenvalue weighted by Gasteiger charge is 2.33. The van der Waals surface area contributed by atoms with Crippen molar-refractivity contribution in [3.63, 3.8) is 0 Å². The van der Waals surface area contributed by atoms with E-state index in [9.17, 15) is 0 Å². The van der Waals surface area contributed by atoms with Crippen molar-refractivity contribution in [3.8, 4) is 0 Å². The van der Waals surface area contributed by atoms with Crippen LogP contribution in [-0.4, -0.2) is 37.6 Å². The molecule has 2 aliphatic rings. The largest absolute Gasteiger partial charge is 0.316 e. The highest BCUT2D eigenvalue weighted by Crippen LogP contribution is 2.32. The van der Waals surface area contributed by atoms with E-state index in [0.29, 0.717) is 5.41 Å². The van der Waals surface area contributed by atoms with E-state index in [1.807, 2.05) is 0 Å². The molecule has 0 bridgehead atoms. The van der Waals surface area contributed by atoms with Gasteiger partial charge >= 0.3 is 0 Å². The van der Waals surface area contributed by atoms with Crippen LogP contribution in [0, 0.1) is 11.3 Å². The number of hydrogen-bond donors (Lipinski definition) is 1. The van der Waals surface area contributed by atoms with Gasteiger partial charge in [-0.2, -0.15) is 0 Å². The summed E-state index contributed by atoms with van der Waals surface area (Å²) in [6, 6.07) is 0. The molecule has 0 aromatic rings.